The van der Waals surface area contributed by atoms with Gasteiger partial charge >= 0.3 is 0 Å². The molecule has 1 nitrogen and oxygen atoms in total. The van der Waals surface area contributed by atoms with E-state index < -0.39 is 0 Å². The van der Waals surface area contributed by atoms with Crippen LogP contribution in [0.3, 0.4) is 0 Å². The monoisotopic (exact) mass is 202 g/mol. The fourth-order valence-electron chi connectivity index (χ4n) is 2.65. The highest BCUT2D eigenvalue weighted by Gasteiger charge is 2.22. The van der Waals surface area contributed by atoms with Crippen LogP contribution in [0.5, 0.6) is 0 Å². The van der Waals surface area contributed by atoms with E-state index in [0.29, 0.717) is 5.92 Å². The van der Waals surface area contributed by atoms with Crippen LogP contribution in [0.2, 0.25) is 0 Å². The summed E-state index contributed by atoms with van der Waals surface area (Å²) in [7, 11) is 0. The van der Waals surface area contributed by atoms with Crippen LogP contribution in [-0.2, 0) is 0 Å². The van der Waals surface area contributed by atoms with Crippen molar-refractivity contribution in [3.63, 3.8) is 0 Å². The molecule has 0 N–H and O–H groups in total. The molecule has 80 valence electrons. The fraction of sp³-hybridized carbons (Fsp3) is 0.500. The summed E-state index contributed by atoms with van der Waals surface area (Å²) in [6.07, 6.45) is 6.40. The molecular formula is C14H18O. The fourth-order valence-corrected chi connectivity index (χ4v) is 2.65. The number of hydrogen-bond donors (Lipinski definition) is 0. The van der Waals surface area contributed by atoms with Crippen molar-refractivity contribution in [3.8, 4) is 0 Å². The molecule has 0 spiro atoms. The van der Waals surface area contributed by atoms with E-state index >= 15 is 0 Å². The molecule has 0 aliphatic heterocycles. The zero-order valence-corrected chi connectivity index (χ0v) is 9.28. The summed E-state index contributed by atoms with van der Waals surface area (Å²) in [5.41, 5.74) is 2.13. The standard InChI is InChI=1S/C14H18O/c1-11(13-6-2-3-7-13)14-8-4-5-12(9-14)10-15/h4-5,8-11,13H,2-3,6-7H2,1H3. The lowest BCUT2D eigenvalue weighted by molar-refractivity contribution is 0.112. The number of benzene rings is 1. The highest BCUT2D eigenvalue weighted by atomic mass is 16.1. The Balaban J connectivity index is 2.16. The van der Waals surface area contributed by atoms with Crippen molar-refractivity contribution in [1.82, 2.24) is 0 Å². The van der Waals surface area contributed by atoms with Crippen molar-refractivity contribution in [2.24, 2.45) is 5.92 Å². The number of hydrogen-bond acceptors (Lipinski definition) is 1. The van der Waals surface area contributed by atoms with E-state index in [0.717, 1.165) is 17.8 Å². The maximum atomic E-state index is 10.7. The van der Waals surface area contributed by atoms with Crippen LogP contribution in [0.25, 0.3) is 0 Å². The molecule has 1 saturated carbocycles. The van der Waals surface area contributed by atoms with Crippen molar-refractivity contribution < 1.29 is 4.79 Å². The molecule has 1 aromatic rings. The van der Waals surface area contributed by atoms with Crippen molar-refractivity contribution in [1.29, 1.82) is 0 Å². The zero-order valence-electron chi connectivity index (χ0n) is 9.28. The van der Waals surface area contributed by atoms with Gasteiger partial charge in [-0.1, -0.05) is 38.0 Å². The summed E-state index contributed by atoms with van der Waals surface area (Å²) in [4.78, 5) is 10.7. The van der Waals surface area contributed by atoms with E-state index in [1.54, 1.807) is 0 Å². The first-order valence-electron chi connectivity index (χ1n) is 5.86. The number of aldehydes is 1. The quantitative estimate of drug-likeness (QED) is 0.681. The highest BCUT2D eigenvalue weighted by molar-refractivity contribution is 5.75. The van der Waals surface area contributed by atoms with Gasteiger partial charge < -0.3 is 0 Å². The molecule has 1 aromatic carbocycles. The van der Waals surface area contributed by atoms with E-state index in [1.807, 2.05) is 18.2 Å². The molecule has 0 saturated heterocycles. The minimum absolute atomic E-state index is 0.604. The van der Waals surface area contributed by atoms with Crippen molar-refractivity contribution >= 4 is 6.29 Å². The minimum atomic E-state index is 0.604. The first kappa shape index (κ1) is 10.4. The second-order valence-electron chi connectivity index (χ2n) is 4.62. The minimum Gasteiger partial charge on any atom is -0.298 e. The van der Waals surface area contributed by atoms with Gasteiger partial charge in [0.1, 0.15) is 6.29 Å². The Bertz CT molecular complexity index is 337. The van der Waals surface area contributed by atoms with Gasteiger partial charge in [-0.3, -0.25) is 4.79 Å². The molecule has 1 atom stereocenters. The maximum absolute atomic E-state index is 10.7. The van der Waals surface area contributed by atoms with Crippen LogP contribution in [0.4, 0.5) is 0 Å². The molecule has 0 amide bonds. The second-order valence-corrected chi connectivity index (χ2v) is 4.62. The van der Waals surface area contributed by atoms with E-state index in [4.69, 9.17) is 0 Å². The van der Waals surface area contributed by atoms with Crippen molar-refractivity contribution in [2.75, 3.05) is 0 Å². The molecule has 0 bridgehead atoms. The molecular weight excluding hydrogens is 184 g/mol. The van der Waals surface area contributed by atoms with Gasteiger partial charge in [0.25, 0.3) is 0 Å². The molecule has 1 aliphatic rings. The van der Waals surface area contributed by atoms with Gasteiger partial charge in [0, 0.05) is 5.56 Å². The maximum Gasteiger partial charge on any atom is 0.150 e. The van der Waals surface area contributed by atoms with Gasteiger partial charge in [-0.15, -0.1) is 0 Å². The van der Waals surface area contributed by atoms with Crippen LogP contribution in [-0.4, -0.2) is 6.29 Å². The molecule has 0 aromatic heterocycles. The lowest BCUT2D eigenvalue weighted by Crippen LogP contribution is -2.06. The lowest BCUT2D eigenvalue weighted by Gasteiger charge is -2.19. The van der Waals surface area contributed by atoms with E-state index in [1.165, 1.54) is 31.2 Å². The normalized spacial score (nSPS) is 19.0. The predicted molar refractivity (Wildman–Crippen MR) is 62.2 cm³/mol. The van der Waals surface area contributed by atoms with E-state index in [-0.39, 0.29) is 0 Å². The summed E-state index contributed by atoms with van der Waals surface area (Å²) < 4.78 is 0. The summed E-state index contributed by atoms with van der Waals surface area (Å²) >= 11 is 0. The molecule has 15 heavy (non-hydrogen) atoms. The van der Waals surface area contributed by atoms with Crippen LogP contribution in [0.1, 0.15) is 54.4 Å². The van der Waals surface area contributed by atoms with Gasteiger partial charge in [0.05, 0.1) is 0 Å². The van der Waals surface area contributed by atoms with Crippen LogP contribution in [0, 0.1) is 5.92 Å². The highest BCUT2D eigenvalue weighted by Crippen LogP contribution is 2.36. The van der Waals surface area contributed by atoms with Gasteiger partial charge in [-0.05, 0) is 36.3 Å². The summed E-state index contributed by atoms with van der Waals surface area (Å²) in [6, 6.07) is 8.05. The Morgan fingerprint density at radius 2 is 2.07 bits per heavy atom. The van der Waals surface area contributed by atoms with Gasteiger partial charge in [0.2, 0.25) is 0 Å². The first-order valence-corrected chi connectivity index (χ1v) is 5.86. The molecule has 0 heterocycles. The third kappa shape index (κ3) is 2.28. The SMILES string of the molecule is CC(c1cccc(C=O)c1)C1CCCC1. The average Bonchev–Trinajstić information content (AvgIpc) is 2.81. The Morgan fingerprint density at radius 3 is 2.73 bits per heavy atom. The Hall–Kier alpha value is -1.11. The largest absolute Gasteiger partial charge is 0.298 e. The molecule has 0 radical (unpaired) electrons. The van der Waals surface area contributed by atoms with Gasteiger partial charge in [0.15, 0.2) is 0 Å². The molecule has 2 rings (SSSR count). The van der Waals surface area contributed by atoms with Gasteiger partial charge in [-0.25, -0.2) is 0 Å². The Labute approximate surface area is 91.5 Å². The second kappa shape index (κ2) is 4.61. The lowest BCUT2D eigenvalue weighted by atomic mass is 9.86. The third-order valence-corrected chi connectivity index (χ3v) is 3.68. The number of carbonyl (C=O) groups is 1. The summed E-state index contributed by atoms with van der Waals surface area (Å²) in [6.45, 7) is 2.29. The topological polar surface area (TPSA) is 17.1 Å². The number of carbonyl (C=O) groups excluding carboxylic acids is 1. The molecule has 1 heteroatoms. The van der Waals surface area contributed by atoms with Gasteiger partial charge in [-0.2, -0.15) is 0 Å². The Kier molecular flexibility index (Phi) is 3.20. The van der Waals surface area contributed by atoms with E-state index in [9.17, 15) is 4.79 Å². The molecule has 1 fully saturated rings. The molecule has 1 unspecified atom stereocenters. The zero-order chi connectivity index (χ0) is 10.7. The summed E-state index contributed by atoms with van der Waals surface area (Å²) in [5, 5.41) is 0. The van der Waals surface area contributed by atoms with Crippen LogP contribution in [0.15, 0.2) is 24.3 Å². The summed E-state index contributed by atoms with van der Waals surface area (Å²) in [5.74, 6) is 1.43. The predicted octanol–water partition coefficient (Wildman–Crippen LogP) is 3.79. The van der Waals surface area contributed by atoms with Crippen molar-refractivity contribution in [3.05, 3.63) is 35.4 Å². The van der Waals surface area contributed by atoms with E-state index in [2.05, 4.69) is 13.0 Å². The first-order chi connectivity index (χ1) is 7.31. The third-order valence-electron chi connectivity index (χ3n) is 3.68. The number of rotatable bonds is 3. The van der Waals surface area contributed by atoms with Crippen molar-refractivity contribution in [2.45, 2.75) is 38.5 Å². The molecule has 1 aliphatic carbocycles. The average molecular weight is 202 g/mol. The van der Waals surface area contributed by atoms with Crippen LogP contribution < -0.4 is 0 Å². The smallest absolute Gasteiger partial charge is 0.150 e. The van der Waals surface area contributed by atoms with Crippen LogP contribution >= 0.6 is 0 Å². The Morgan fingerprint density at radius 1 is 1.33 bits per heavy atom.